The van der Waals surface area contributed by atoms with Gasteiger partial charge in [0.15, 0.2) is 0 Å². The Morgan fingerprint density at radius 3 is 2.71 bits per heavy atom. The maximum Gasteiger partial charge on any atom is 0.235 e. The minimum absolute atomic E-state index is 0.0614. The zero-order chi connectivity index (χ0) is 15.2. The Labute approximate surface area is 133 Å². The number of thiophene rings is 1. The van der Waals surface area contributed by atoms with Gasteiger partial charge in [0.2, 0.25) is 5.91 Å². The molecule has 1 aromatic heterocycles. The molecule has 0 unspecified atom stereocenters. The van der Waals surface area contributed by atoms with Crippen LogP contribution in [0.25, 0.3) is 0 Å². The van der Waals surface area contributed by atoms with Crippen LogP contribution in [0.2, 0.25) is 0 Å². The van der Waals surface area contributed by atoms with E-state index >= 15 is 0 Å². The monoisotopic (exact) mass is 316 g/mol. The van der Waals surface area contributed by atoms with Crippen LogP contribution in [-0.4, -0.2) is 11.7 Å². The molecule has 1 N–H and O–H groups in total. The number of anilines is 1. The first-order valence-electron chi connectivity index (χ1n) is 6.53. The number of aryl methyl sites for hydroxylation is 1. The fourth-order valence-corrected chi connectivity index (χ4v) is 3.66. The minimum atomic E-state index is -0.0614. The van der Waals surface area contributed by atoms with E-state index in [-0.39, 0.29) is 5.91 Å². The predicted octanol–water partition coefficient (Wildman–Crippen LogP) is 4.11. The van der Waals surface area contributed by atoms with Gasteiger partial charge in [-0.25, -0.2) is 0 Å². The third-order valence-electron chi connectivity index (χ3n) is 3.09. The number of rotatable bonds is 5. The highest BCUT2D eigenvalue weighted by atomic mass is 32.2. The summed E-state index contributed by atoms with van der Waals surface area (Å²) in [4.78, 5) is 13.0. The standard InChI is InChI=1S/C16H16N2OS2/c1-11-12(2)21-16(14(11)8-17)18-15(19)10-20-9-13-6-4-3-5-7-13/h3-7H,9-10H2,1-2H3,(H,18,19). The normalized spacial score (nSPS) is 10.1. The summed E-state index contributed by atoms with van der Waals surface area (Å²) in [5.41, 5.74) is 2.74. The van der Waals surface area contributed by atoms with Crippen LogP contribution in [-0.2, 0) is 10.5 Å². The molecule has 0 saturated carbocycles. The third kappa shape index (κ3) is 4.10. The number of nitriles is 1. The Bertz CT molecular complexity index is 672. The second kappa shape index (κ2) is 7.30. The summed E-state index contributed by atoms with van der Waals surface area (Å²) in [5.74, 6) is 1.13. The van der Waals surface area contributed by atoms with E-state index in [1.54, 1.807) is 11.8 Å². The van der Waals surface area contributed by atoms with Crippen LogP contribution < -0.4 is 5.32 Å². The summed E-state index contributed by atoms with van der Waals surface area (Å²) in [7, 11) is 0. The number of amides is 1. The quantitative estimate of drug-likeness (QED) is 0.903. The van der Waals surface area contributed by atoms with Crippen LogP contribution in [0.5, 0.6) is 0 Å². The van der Waals surface area contributed by atoms with Gasteiger partial charge in [0.05, 0.1) is 11.3 Å². The summed E-state index contributed by atoms with van der Waals surface area (Å²) in [6.45, 7) is 3.87. The number of benzene rings is 1. The van der Waals surface area contributed by atoms with Crippen molar-refractivity contribution in [2.24, 2.45) is 0 Å². The highest BCUT2D eigenvalue weighted by Gasteiger charge is 2.14. The topological polar surface area (TPSA) is 52.9 Å². The highest BCUT2D eigenvalue weighted by Crippen LogP contribution is 2.31. The number of hydrogen-bond acceptors (Lipinski definition) is 4. The molecule has 1 aromatic carbocycles. The van der Waals surface area contributed by atoms with E-state index < -0.39 is 0 Å². The van der Waals surface area contributed by atoms with Gasteiger partial charge in [0.1, 0.15) is 11.1 Å². The molecule has 0 aliphatic heterocycles. The van der Waals surface area contributed by atoms with E-state index in [2.05, 4.69) is 11.4 Å². The first kappa shape index (κ1) is 15.6. The molecule has 3 nitrogen and oxygen atoms in total. The fraction of sp³-hybridized carbons (Fsp3) is 0.250. The van der Waals surface area contributed by atoms with Gasteiger partial charge in [0.25, 0.3) is 0 Å². The summed E-state index contributed by atoms with van der Waals surface area (Å²) in [5, 5.41) is 12.7. The van der Waals surface area contributed by atoms with Crippen molar-refractivity contribution < 1.29 is 4.79 Å². The molecule has 0 aliphatic carbocycles. The zero-order valence-corrected chi connectivity index (χ0v) is 13.6. The van der Waals surface area contributed by atoms with Gasteiger partial charge >= 0.3 is 0 Å². The first-order chi connectivity index (χ1) is 10.1. The molecule has 1 amide bonds. The Kier molecular flexibility index (Phi) is 5.43. The molecule has 2 aromatic rings. The number of thioether (sulfide) groups is 1. The average molecular weight is 316 g/mol. The summed E-state index contributed by atoms with van der Waals surface area (Å²) in [6, 6.07) is 12.2. The third-order valence-corrected chi connectivity index (χ3v) is 5.22. The minimum Gasteiger partial charge on any atom is -0.316 e. The molecule has 108 valence electrons. The molecule has 2 rings (SSSR count). The SMILES string of the molecule is Cc1sc(NC(=O)CSCc2ccccc2)c(C#N)c1C. The molecular formula is C16H16N2OS2. The number of nitrogens with one attached hydrogen (secondary N) is 1. The molecule has 0 atom stereocenters. The lowest BCUT2D eigenvalue weighted by molar-refractivity contribution is -0.113. The van der Waals surface area contributed by atoms with Crippen molar-refractivity contribution in [1.82, 2.24) is 0 Å². The maximum absolute atomic E-state index is 12.0. The molecule has 5 heteroatoms. The van der Waals surface area contributed by atoms with E-state index in [0.717, 1.165) is 16.2 Å². The number of hydrogen-bond donors (Lipinski definition) is 1. The molecule has 0 bridgehead atoms. The van der Waals surface area contributed by atoms with E-state index in [9.17, 15) is 4.79 Å². The van der Waals surface area contributed by atoms with E-state index in [1.807, 2.05) is 44.2 Å². The first-order valence-corrected chi connectivity index (χ1v) is 8.50. The van der Waals surface area contributed by atoms with Gasteiger partial charge in [0, 0.05) is 10.6 Å². The summed E-state index contributed by atoms with van der Waals surface area (Å²) < 4.78 is 0. The average Bonchev–Trinajstić information content (AvgIpc) is 2.74. The van der Waals surface area contributed by atoms with Crippen LogP contribution in [0.15, 0.2) is 30.3 Å². The summed E-state index contributed by atoms with van der Waals surface area (Å²) in [6.07, 6.45) is 0. The van der Waals surface area contributed by atoms with Crippen molar-refractivity contribution in [2.75, 3.05) is 11.1 Å². The molecule has 0 radical (unpaired) electrons. The van der Waals surface area contributed by atoms with Crippen molar-refractivity contribution in [3.63, 3.8) is 0 Å². The molecule has 0 fully saturated rings. The van der Waals surface area contributed by atoms with Crippen molar-refractivity contribution in [2.45, 2.75) is 19.6 Å². The van der Waals surface area contributed by atoms with Crippen molar-refractivity contribution in [3.8, 4) is 6.07 Å². The molecule has 0 aliphatic rings. The molecule has 21 heavy (non-hydrogen) atoms. The van der Waals surface area contributed by atoms with Gasteiger partial charge in [-0.3, -0.25) is 4.79 Å². The van der Waals surface area contributed by atoms with Gasteiger partial charge < -0.3 is 5.32 Å². The maximum atomic E-state index is 12.0. The Hall–Kier alpha value is -1.77. The van der Waals surface area contributed by atoms with Crippen LogP contribution >= 0.6 is 23.1 Å². The smallest absolute Gasteiger partial charge is 0.235 e. The van der Waals surface area contributed by atoms with Crippen molar-refractivity contribution in [1.29, 1.82) is 5.26 Å². The zero-order valence-electron chi connectivity index (χ0n) is 12.0. The van der Waals surface area contributed by atoms with E-state index in [0.29, 0.717) is 16.3 Å². The van der Waals surface area contributed by atoms with Crippen molar-refractivity contribution in [3.05, 3.63) is 51.9 Å². The number of carbonyl (C=O) groups excluding carboxylic acids is 1. The number of carbonyl (C=O) groups is 1. The van der Waals surface area contributed by atoms with Crippen LogP contribution in [0.1, 0.15) is 21.6 Å². The molecule has 0 saturated heterocycles. The van der Waals surface area contributed by atoms with Crippen LogP contribution in [0.3, 0.4) is 0 Å². The van der Waals surface area contributed by atoms with Gasteiger partial charge in [-0.05, 0) is 25.0 Å². The second-order valence-electron chi connectivity index (χ2n) is 4.63. The number of nitrogens with zero attached hydrogens (tertiary/aromatic N) is 1. The predicted molar refractivity (Wildman–Crippen MR) is 89.7 cm³/mol. The van der Waals surface area contributed by atoms with E-state index in [4.69, 9.17) is 5.26 Å². The molecule has 1 heterocycles. The van der Waals surface area contributed by atoms with Crippen LogP contribution in [0.4, 0.5) is 5.00 Å². The molecular weight excluding hydrogens is 300 g/mol. The van der Waals surface area contributed by atoms with Crippen molar-refractivity contribution >= 4 is 34.0 Å². The fourth-order valence-electron chi connectivity index (χ4n) is 1.85. The lowest BCUT2D eigenvalue weighted by Crippen LogP contribution is -2.14. The Balaban J connectivity index is 1.88. The Morgan fingerprint density at radius 2 is 2.05 bits per heavy atom. The Morgan fingerprint density at radius 1 is 1.33 bits per heavy atom. The lowest BCUT2D eigenvalue weighted by atomic mass is 10.2. The van der Waals surface area contributed by atoms with Crippen LogP contribution in [0, 0.1) is 25.2 Å². The summed E-state index contributed by atoms with van der Waals surface area (Å²) >= 11 is 3.03. The van der Waals surface area contributed by atoms with E-state index in [1.165, 1.54) is 16.9 Å². The lowest BCUT2D eigenvalue weighted by Gasteiger charge is -2.04. The van der Waals surface area contributed by atoms with Gasteiger partial charge in [-0.1, -0.05) is 30.3 Å². The second-order valence-corrected chi connectivity index (χ2v) is 6.84. The largest absolute Gasteiger partial charge is 0.316 e. The highest BCUT2D eigenvalue weighted by molar-refractivity contribution is 7.99. The van der Waals surface area contributed by atoms with Gasteiger partial charge in [-0.15, -0.1) is 23.1 Å². The van der Waals surface area contributed by atoms with Gasteiger partial charge in [-0.2, -0.15) is 5.26 Å². The molecule has 0 spiro atoms.